The van der Waals surface area contributed by atoms with E-state index >= 15 is 0 Å². The highest BCUT2D eigenvalue weighted by Gasteiger charge is 2.22. The molecule has 0 aromatic heterocycles. The minimum Gasteiger partial charge on any atom is -0.369 e. The SMILES string of the molecule is C1=CC=CC2OCCOC2C=1.CC.CC. The molecule has 2 nitrogen and oxygen atoms in total. The molecule has 1 aliphatic carbocycles. The Labute approximate surface area is 93.3 Å². The molecule has 1 heterocycles. The van der Waals surface area contributed by atoms with Crippen LogP contribution in [0.5, 0.6) is 0 Å². The van der Waals surface area contributed by atoms with E-state index in [4.69, 9.17) is 9.47 Å². The van der Waals surface area contributed by atoms with Crippen molar-refractivity contribution in [3.63, 3.8) is 0 Å². The van der Waals surface area contributed by atoms with Crippen LogP contribution in [0, 0.1) is 0 Å². The second-order valence-electron chi connectivity index (χ2n) is 2.56. The van der Waals surface area contributed by atoms with Gasteiger partial charge in [-0.1, -0.05) is 39.8 Å². The lowest BCUT2D eigenvalue weighted by Crippen LogP contribution is -2.35. The van der Waals surface area contributed by atoms with Crippen molar-refractivity contribution >= 4 is 0 Å². The monoisotopic (exact) mass is 210 g/mol. The topological polar surface area (TPSA) is 18.5 Å². The number of rotatable bonds is 0. The second-order valence-corrected chi connectivity index (χ2v) is 2.56. The number of fused-ring (bicyclic) bond motifs is 1. The summed E-state index contributed by atoms with van der Waals surface area (Å²) in [5.41, 5.74) is 3.00. The van der Waals surface area contributed by atoms with Gasteiger partial charge in [-0.25, -0.2) is 0 Å². The third-order valence-corrected chi connectivity index (χ3v) is 1.78. The lowest BCUT2D eigenvalue weighted by Gasteiger charge is -2.26. The molecule has 0 aromatic rings. The molecule has 15 heavy (non-hydrogen) atoms. The van der Waals surface area contributed by atoms with Crippen molar-refractivity contribution in [1.29, 1.82) is 0 Å². The quantitative estimate of drug-likeness (QED) is 0.572. The molecule has 0 spiro atoms. The van der Waals surface area contributed by atoms with Crippen molar-refractivity contribution in [2.75, 3.05) is 13.2 Å². The van der Waals surface area contributed by atoms with Crippen LogP contribution in [-0.2, 0) is 9.47 Å². The Morgan fingerprint density at radius 2 is 1.60 bits per heavy atom. The van der Waals surface area contributed by atoms with Gasteiger partial charge in [-0.3, -0.25) is 0 Å². The molecule has 2 atom stereocenters. The highest BCUT2D eigenvalue weighted by atomic mass is 16.6. The smallest absolute Gasteiger partial charge is 0.113 e. The van der Waals surface area contributed by atoms with E-state index in [1.807, 2.05) is 52.0 Å². The molecule has 2 unspecified atom stereocenters. The molecule has 1 aliphatic heterocycles. The van der Waals surface area contributed by atoms with E-state index in [0.717, 1.165) is 0 Å². The molecule has 0 bridgehead atoms. The molecule has 1 saturated heterocycles. The normalized spacial score (nSPS) is 26.4. The average molecular weight is 210 g/mol. The fourth-order valence-corrected chi connectivity index (χ4v) is 1.24. The number of hydrogen-bond acceptors (Lipinski definition) is 2. The number of allylic oxidation sites excluding steroid dienone is 1. The van der Waals surface area contributed by atoms with Crippen LogP contribution in [0.15, 0.2) is 30.0 Å². The second kappa shape index (κ2) is 9.72. The van der Waals surface area contributed by atoms with Gasteiger partial charge in [0.1, 0.15) is 12.2 Å². The Morgan fingerprint density at radius 1 is 1.00 bits per heavy atom. The summed E-state index contributed by atoms with van der Waals surface area (Å²) in [6.45, 7) is 9.38. The summed E-state index contributed by atoms with van der Waals surface area (Å²) in [6.07, 6.45) is 7.87. The van der Waals surface area contributed by atoms with E-state index in [1.54, 1.807) is 0 Å². The summed E-state index contributed by atoms with van der Waals surface area (Å²) in [6, 6.07) is 0. The van der Waals surface area contributed by atoms with E-state index in [1.165, 1.54) is 0 Å². The van der Waals surface area contributed by atoms with Gasteiger partial charge in [-0.05, 0) is 12.2 Å². The first kappa shape index (κ1) is 14.2. The van der Waals surface area contributed by atoms with Crippen LogP contribution in [0.3, 0.4) is 0 Å². The first-order chi connectivity index (χ1) is 7.47. The lowest BCUT2D eigenvalue weighted by molar-refractivity contribution is -0.101. The van der Waals surface area contributed by atoms with Crippen LogP contribution < -0.4 is 0 Å². The van der Waals surface area contributed by atoms with Crippen molar-refractivity contribution < 1.29 is 9.47 Å². The third-order valence-electron chi connectivity index (χ3n) is 1.78. The molecule has 0 radical (unpaired) electrons. The predicted molar refractivity (Wildman–Crippen MR) is 64.0 cm³/mol. The van der Waals surface area contributed by atoms with Gasteiger partial charge in [-0.15, -0.1) is 5.73 Å². The summed E-state index contributed by atoms with van der Waals surface area (Å²) >= 11 is 0. The Kier molecular flexibility index (Phi) is 9.19. The van der Waals surface area contributed by atoms with Gasteiger partial charge in [0.15, 0.2) is 0 Å². The zero-order valence-electron chi connectivity index (χ0n) is 10.2. The van der Waals surface area contributed by atoms with Crippen LogP contribution in [-0.4, -0.2) is 25.4 Å². The highest BCUT2D eigenvalue weighted by molar-refractivity contribution is 5.14. The lowest BCUT2D eigenvalue weighted by atomic mass is 10.2. The largest absolute Gasteiger partial charge is 0.369 e. The summed E-state index contributed by atoms with van der Waals surface area (Å²) in [5, 5.41) is 0. The fourth-order valence-electron chi connectivity index (χ4n) is 1.24. The maximum Gasteiger partial charge on any atom is 0.113 e. The summed E-state index contributed by atoms with van der Waals surface area (Å²) < 4.78 is 10.9. The average Bonchev–Trinajstić information content (AvgIpc) is 2.59. The highest BCUT2D eigenvalue weighted by Crippen LogP contribution is 2.13. The number of hydrogen-bond donors (Lipinski definition) is 0. The Bertz CT molecular complexity index is 225. The molecule has 0 amide bonds. The van der Waals surface area contributed by atoms with Crippen LogP contribution >= 0.6 is 0 Å². The van der Waals surface area contributed by atoms with E-state index in [2.05, 4.69) is 5.73 Å². The first-order valence-corrected chi connectivity index (χ1v) is 5.79. The Morgan fingerprint density at radius 3 is 2.27 bits per heavy atom. The molecular weight excluding hydrogens is 188 g/mol. The molecule has 2 heteroatoms. The van der Waals surface area contributed by atoms with Crippen LogP contribution in [0.25, 0.3) is 0 Å². The molecule has 0 N–H and O–H groups in total. The molecule has 0 saturated carbocycles. The molecule has 0 aromatic carbocycles. The third kappa shape index (κ3) is 4.98. The van der Waals surface area contributed by atoms with Gasteiger partial charge in [-0.2, -0.15) is 0 Å². The van der Waals surface area contributed by atoms with Gasteiger partial charge in [0.05, 0.1) is 13.2 Å². The van der Waals surface area contributed by atoms with Crippen molar-refractivity contribution in [2.24, 2.45) is 0 Å². The number of ether oxygens (including phenoxy) is 2. The molecular formula is C13H22O2. The molecule has 2 rings (SSSR count). The van der Waals surface area contributed by atoms with Gasteiger partial charge in [0.25, 0.3) is 0 Å². The molecule has 2 aliphatic rings. The molecule has 86 valence electrons. The van der Waals surface area contributed by atoms with Crippen molar-refractivity contribution in [3.05, 3.63) is 30.0 Å². The van der Waals surface area contributed by atoms with Crippen molar-refractivity contribution in [2.45, 2.75) is 39.9 Å². The van der Waals surface area contributed by atoms with E-state index in [-0.39, 0.29) is 12.2 Å². The Hall–Kier alpha value is -0.820. The van der Waals surface area contributed by atoms with Crippen molar-refractivity contribution in [3.8, 4) is 0 Å². The minimum atomic E-state index is 0.0683. The van der Waals surface area contributed by atoms with E-state index in [0.29, 0.717) is 13.2 Å². The maximum atomic E-state index is 5.46. The van der Waals surface area contributed by atoms with Crippen LogP contribution in [0.2, 0.25) is 0 Å². The summed E-state index contributed by atoms with van der Waals surface area (Å²) in [5.74, 6) is 0. The summed E-state index contributed by atoms with van der Waals surface area (Å²) in [7, 11) is 0. The predicted octanol–water partition coefficient (Wildman–Crippen LogP) is 3.10. The zero-order valence-corrected chi connectivity index (χ0v) is 10.2. The van der Waals surface area contributed by atoms with Crippen molar-refractivity contribution in [1.82, 2.24) is 0 Å². The van der Waals surface area contributed by atoms with Crippen LogP contribution in [0.4, 0.5) is 0 Å². The fraction of sp³-hybridized carbons (Fsp3) is 0.615. The van der Waals surface area contributed by atoms with E-state index in [9.17, 15) is 0 Å². The zero-order chi connectivity index (χ0) is 11.5. The minimum absolute atomic E-state index is 0.0683. The van der Waals surface area contributed by atoms with Gasteiger partial charge >= 0.3 is 0 Å². The van der Waals surface area contributed by atoms with Gasteiger partial charge < -0.3 is 9.47 Å². The van der Waals surface area contributed by atoms with Gasteiger partial charge in [0, 0.05) is 0 Å². The van der Waals surface area contributed by atoms with Gasteiger partial charge in [0.2, 0.25) is 0 Å². The first-order valence-electron chi connectivity index (χ1n) is 5.79. The van der Waals surface area contributed by atoms with E-state index < -0.39 is 0 Å². The maximum absolute atomic E-state index is 5.46. The summed E-state index contributed by atoms with van der Waals surface area (Å²) in [4.78, 5) is 0. The Balaban J connectivity index is 0.000000442. The van der Waals surface area contributed by atoms with Crippen LogP contribution in [0.1, 0.15) is 27.7 Å². The molecule has 1 fully saturated rings. The standard InChI is InChI=1S/C9H10O2.2C2H6/c1-2-4-8-9(5-3-1)11-7-6-10-8;2*1-2/h1-2,4-5,8-9H,6-7H2;2*1-2H3.